The molecule has 2 heteroatoms. The van der Waals surface area contributed by atoms with Crippen LogP contribution in [0.15, 0.2) is 0 Å². The molecule has 0 N–H and O–H groups in total. The molecule has 1 nitrogen and oxygen atoms in total. The van der Waals surface area contributed by atoms with E-state index in [-0.39, 0.29) is 0 Å². The van der Waals surface area contributed by atoms with Gasteiger partial charge in [0.25, 0.3) is 0 Å². The topological polar surface area (TPSA) is 3.24 Å². The number of hydrogen-bond acceptors (Lipinski definition) is 1. The molecule has 0 radical (unpaired) electrons. The molecule has 0 saturated carbocycles. The van der Waals surface area contributed by atoms with Gasteiger partial charge >= 0.3 is 0 Å². The normalized spacial score (nSPS) is 33.2. The summed E-state index contributed by atoms with van der Waals surface area (Å²) in [5.74, 6) is 0.750. The Kier molecular flexibility index (Phi) is 4.17. The highest BCUT2D eigenvalue weighted by Gasteiger charge is 2.24. The van der Waals surface area contributed by atoms with E-state index in [4.69, 9.17) is 0 Å². The van der Waals surface area contributed by atoms with Crippen molar-refractivity contribution in [1.29, 1.82) is 0 Å². The molecule has 0 bridgehead atoms. The lowest BCUT2D eigenvalue weighted by Gasteiger charge is -2.37. The Morgan fingerprint density at radius 3 is 2.69 bits per heavy atom. The molecule has 3 unspecified atom stereocenters. The smallest absolute Gasteiger partial charge is 0.112 e. The van der Waals surface area contributed by atoms with E-state index in [2.05, 4.69) is 18.7 Å². The molecule has 0 aromatic rings. The largest absolute Gasteiger partial charge is 0.298 e. The monoisotopic (exact) mass is 187 g/mol. The lowest BCUT2D eigenvalue weighted by atomic mass is 9.95. The Morgan fingerprint density at radius 2 is 2.08 bits per heavy atom. The van der Waals surface area contributed by atoms with E-state index in [1.807, 2.05) is 6.92 Å². The van der Waals surface area contributed by atoms with Gasteiger partial charge in [0.2, 0.25) is 0 Å². The number of rotatable bonds is 3. The molecule has 1 saturated heterocycles. The van der Waals surface area contributed by atoms with Crippen LogP contribution in [0.3, 0.4) is 0 Å². The minimum Gasteiger partial charge on any atom is -0.298 e. The number of hydrogen-bond donors (Lipinski definition) is 0. The second kappa shape index (κ2) is 4.94. The Balaban J connectivity index is 2.37. The van der Waals surface area contributed by atoms with Crippen molar-refractivity contribution in [3.05, 3.63) is 0 Å². The summed E-state index contributed by atoms with van der Waals surface area (Å²) in [5.41, 5.74) is 0. The molecule has 0 aromatic heterocycles. The fourth-order valence-electron chi connectivity index (χ4n) is 2.02. The number of piperidine rings is 1. The van der Waals surface area contributed by atoms with Crippen molar-refractivity contribution >= 4 is 0 Å². The second-order valence-corrected chi connectivity index (χ2v) is 4.49. The number of nitrogens with zero attached hydrogens (tertiary/aromatic N) is 1. The van der Waals surface area contributed by atoms with Gasteiger partial charge in [0, 0.05) is 19.1 Å². The maximum absolute atomic E-state index is 13.2. The van der Waals surface area contributed by atoms with E-state index in [1.54, 1.807) is 0 Å². The minimum absolute atomic E-state index is 0.584. The summed E-state index contributed by atoms with van der Waals surface area (Å²) in [7, 11) is 0. The molecular weight excluding hydrogens is 165 g/mol. The van der Waals surface area contributed by atoms with E-state index in [1.165, 1.54) is 12.8 Å². The van der Waals surface area contributed by atoms with Crippen LogP contribution < -0.4 is 0 Å². The zero-order chi connectivity index (χ0) is 9.84. The van der Waals surface area contributed by atoms with Gasteiger partial charge in [0.15, 0.2) is 0 Å². The summed E-state index contributed by atoms with van der Waals surface area (Å²) in [6.45, 7) is 8.12. The van der Waals surface area contributed by atoms with Crippen molar-refractivity contribution in [3.8, 4) is 0 Å². The highest BCUT2D eigenvalue weighted by molar-refractivity contribution is 4.78. The molecular formula is C11H22FN. The van der Waals surface area contributed by atoms with Gasteiger partial charge in [-0.3, -0.25) is 4.90 Å². The lowest BCUT2D eigenvalue weighted by Crippen LogP contribution is -2.43. The molecule has 0 amide bonds. The van der Waals surface area contributed by atoms with Gasteiger partial charge in [0.1, 0.15) is 6.17 Å². The average molecular weight is 187 g/mol. The molecule has 1 aliphatic rings. The first-order chi connectivity index (χ1) is 6.13. The number of likely N-dealkylation sites (tertiary alicyclic amines) is 1. The fraction of sp³-hybridized carbons (Fsp3) is 1.00. The van der Waals surface area contributed by atoms with E-state index >= 15 is 0 Å². The number of alkyl halides is 1. The standard InChI is InChI=1S/C11H22FN/c1-4-11(12)8-13-7-9(2)5-6-10(13)3/h9-11H,4-8H2,1-3H3. The summed E-state index contributed by atoms with van der Waals surface area (Å²) in [4.78, 5) is 2.31. The summed E-state index contributed by atoms with van der Waals surface area (Å²) in [6.07, 6.45) is 2.56. The maximum Gasteiger partial charge on any atom is 0.112 e. The SMILES string of the molecule is CCC(F)CN1CC(C)CCC1C. The van der Waals surface area contributed by atoms with Crippen LogP contribution in [0.5, 0.6) is 0 Å². The van der Waals surface area contributed by atoms with E-state index in [0.29, 0.717) is 19.0 Å². The van der Waals surface area contributed by atoms with Crippen molar-refractivity contribution in [2.45, 2.75) is 52.2 Å². The van der Waals surface area contributed by atoms with Gasteiger partial charge in [-0.1, -0.05) is 13.8 Å². The van der Waals surface area contributed by atoms with Crippen LogP contribution in [0.2, 0.25) is 0 Å². The van der Waals surface area contributed by atoms with Crippen molar-refractivity contribution in [3.63, 3.8) is 0 Å². The zero-order valence-electron chi connectivity index (χ0n) is 9.09. The van der Waals surface area contributed by atoms with Crippen LogP contribution in [0.1, 0.15) is 40.0 Å². The first kappa shape index (κ1) is 11.0. The van der Waals surface area contributed by atoms with Crippen molar-refractivity contribution in [2.24, 2.45) is 5.92 Å². The van der Waals surface area contributed by atoms with Gasteiger partial charge in [-0.2, -0.15) is 0 Å². The molecule has 1 rings (SSSR count). The summed E-state index contributed by atoms with van der Waals surface area (Å²) >= 11 is 0. The Morgan fingerprint density at radius 1 is 1.38 bits per heavy atom. The third kappa shape index (κ3) is 3.26. The van der Waals surface area contributed by atoms with Crippen LogP contribution in [0.4, 0.5) is 4.39 Å². The average Bonchev–Trinajstić information content (AvgIpc) is 2.11. The summed E-state index contributed by atoms with van der Waals surface area (Å²) in [5, 5.41) is 0. The van der Waals surface area contributed by atoms with Crippen LogP contribution in [-0.2, 0) is 0 Å². The molecule has 1 heterocycles. The summed E-state index contributed by atoms with van der Waals surface area (Å²) in [6, 6.07) is 0.584. The number of halogens is 1. The molecule has 3 atom stereocenters. The third-order valence-corrected chi connectivity index (χ3v) is 3.12. The third-order valence-electron chi connectivity index (χ3n) is 3.12. The lowest BCUT2D eigenvalue weighted by molar-refractivity contribution is 0.0911. The summed E-state index contributed by atoms with van der Waals surface area (Å²) < 4.78 is 13.2. The van der Waals surface area contributed by atoms with Gasteiger partial charge in [0.05, 0.1) is 0 Å². The molecule has 1 aliphatic heterocycles. The predicted molar refractivity (Wildman–Crippen MR) is 54.6 cm³/mol. The zero-order valence-corrected chi connectivity index (χ0v) is 9.09. The Hall–Kier alpha value is -0.110. The first-order valence-electron chi connectivity index (χ1n) is 5.51. The van der Waals surface area contributed by atoms with Gasteiger partial charge in [-0.05, 0) is 32.1 Å². The second-order valence-electron chi connectivity index (χ2n) is 4.49. The van der Waals surface area contributed by atoms with E-state index < -0.39 is 6.17 Å². The van der Waals surface area contributed by atoms with Crippen LogP contribution in [0, 0.1) is 5.92 Å². The molecule has 0 aromatic carbocycles. The van der Waals surface area contributed by atoms with Gasteiger partial charge < -0.3 is 0 Å². The molecule has 78 valence electrons. The molecule has 0 spiro atoms. The van der Waals surface area contributed by atoms with Crippen molar-refractivity contribution < 1.29 is 4.39 Å². The van der Waals surface area contributed by atoms with E-state index in [0.717, 1.165) is 12.5 Å². The predicted octanol–water partition coefficient (Wildman–Crippen LogP) is 2.85. The van der Waals surface area contributed by atoms with Crippen LogP contribution in [-0.4, -0.2) is 30.2 Å². The molecule has 13 heavy (non-hydrogen) atoms. The quantitative estimate of drug-likeness (QED) is 0.656. The highest BCUT2D eigenvalue weighted by Crippen LogP contribution is 2.21. The van der Waals surface area contributed by atoms with Crippen LogP contribution >= 0.6 is 0 Å². The maximum atomic E-state index is 13.2. The van der Waals surface area contributed by atoms with Gasteiger partial charge in [-0.15, -0.1) is 0 Å². The van der Waals surface area contributed by atoms with Crippen LogP contribution in [0.25, 0.3) is 0 Å². The first-order valence-corrected chi connectivity index (χ1v) is 5.51. The molecule has 1 fully saturated rings. The highest BCUT2D eigenvalue weighted by atomic mass is 19.1. The van der Waals surface area contributed by atoms with Gasteiger partial charge in [-0.25, -0.2) is 4.39 Å². The minimum atomic E-state index is -0.632. The van der Waals surface area contributed by atoms with Crippen molar-refractivity contribution in [1.82, 2.24) is 4.90 Å². The van der Waals surface area contributed by atoms with E-state index in [9.17, 15) is 4.39 Å². The molecule has 0 aliphatic carbocycles. The Bertz CT molecular complexity index is 149. The van der Waals surface area contributed by atoms with Crippen molar-refractivity contribution in [2.75, 3.05) is 13.1 Å². The Labute approximate surface area is 81.3 Å². The fourth-order valence-corrected chi connectivity index (χ4v) is 2.02.